The average Bonchev–Trinajstić information content (AvgIpc) is 2.53. The quantitative estimate of drug-likeness (QED) is 0.874. The molecule has 0 aromatic heterocycles. The summed E-state index contributed by atoms with van der Waals surface area (Å²) in [6.07, 6.45) is 1.00. The van der Waals surface area contributed by atoms with Crippen molar-refractivity contribution in [1.82, 2.24) is 0 Å². The van der Waals surface area contributed by atoms with Crippen LogP contribution in [0.4, 0.5) is 4.39 Å². The smallest absolute Gasteiger partial charge is 0.138 e. The van der Waals surface area contributed by atoms with Gasteiger partial charge in [0.15, 0.2) is 0 Å². The van der Waals surface area contributed by atoms with E-state index in [4.69, 9.17) is 10.5 Å². The molecule has 2 nitrogen and oxygen atoms in total. The van der Waals surface area contributed by atoms with Crippen LogP contribution in [0.25, 0.3) is 0 Å². The molecule has 0 bridgehead atoms. The lowest BCUT2D eigenvalue weighted by molar-refractivity contribution is 0.306. The van der Waals surface area contributed by atoms with E-state index in [1.807, 2.05) is 24.3 Å². The van der Waals surface area contributed by atoms with Crippen LogP contribution in [0.3, 0.4) is 0 Å². The molecule has 21 heavy (non-hydrogen) atoms. The summed E-state index contributed by atoms with van der Waals surface area (Å²) < 4.78 is 19.3. The van der Waals surface area contributed by atoms with Gasteiger partial charge in [-0.05, 0) is 41.8 Å². The molecule has 0 saturated carbocycles. The van der Waals surface area contributed by atoms with Crippen molar-refractivity contribution in [2.45, 2.75) is 20.0 Å². The van der Waals surface area contributed by atoms with Gasteiger partial charge >= 0.3 is 0 Å². The third-order valence-electron chi connectivity index (χ3n) is 3.09. The minimum absolute atomic E-state index is 0.212. The van der Waals surface area contributed by atoms with E-state index < -0.39 is 0 Å². The highest BCUT2D eigenvalue weighted by molar-refractivity contribution is 5.38. The number of ether oxygens (including phenoxy) is 1. The highest BCUT2D eigenvalue weighted by Crippen LogP contribution is 2.16. The van der Waals surface area contributed by atoms with E-state index in [9.17, 15) is 4.39 Å². The highest BCUT2D eigenvalue weighted by Gasteiger charge is 2.02. The van der Waals surface area contributed by atoms with E-state index in [0.29, 0.717) is 12.2 Å². The Bertz CT molecular complexity index is 653. The summed E-state index contributed by atoms with van der Waals surface area (Å²) in [5.74, 6) is 5.83. The Labute approximate surface area is 124 Å². The summed E-state index contributed by atoms with van der Waals surface area (Å²) in [6.45, 7) is 2.70. The fourth-order valence-corrected chi connectivity index (χ4v) is 1.89. The van der Waals surface area contributed by atoms with Gasteiger partial charge in [0.05, 0.1) is 12.1 Å². The summed E-state index contributed by atoms with van der Waals surface area (Å²) in [4.78, 5) is 0. The Kier molecular flexibility index (Phi) is 5.36. The number of benzene rings is 2. The molecule has 0 spiro atoms. The minimum atomic E-state index is -0.341. The van der Waals surface area contributed by atoms with E-state index in [0.717, 1.165) is 17.7 Å². The molecule has 2 aromatic rings. The van der Waals surface area contributed by atoms with Crippen molar-refractivity contribution in [3.63, 3.8) is 0 Å². The first-order valence-corrected chi connectivity index (χ1v) is 6.92. The minimum Gasteiger partial charge on any atom is -0.489 e. The molecule has 0 fully saturated rings. The summed E-state index contributed by atoms with van der Waals surface area (Å²) in [6, 6.07) is 12.8. The molecular formula is C18H18FNO. The lowest BCUT2D eigenvalue weighted by atomic mass is 10.1. The first-order chi connectivity index (χ1) is 10.2. The van der Waals surface area contributed by atoms with Crippen LogP contribution in [0, 0.1) is 17.7 Å². The second-order valence-electron chi connectivity index (χ2n) is 4.61. The van der Waals surface area contributed by atoms with Crippen LogP contribution in [0.15, 0.2) is 42.5 Å². The molecule has 0 radical (unpaired) electrons. The first kappa shape index (κ1) is 15.1. The fraction of sp³-hybridized carbons (Fsp3) is 0.222. The fourth-order valence-electron chi connectivity index (χ4n) is 1.89. The molecule has 0 unspecified atom stereocenters. The Hall–Kier alpha value is -2.31. The van der Waals surface area contributed by atoms with Crippen LogP contribution in [0.1, 0.15) is 23.6 Å². The molecule has 0 heterocycles. The van der Waals surface area contributed by atoms with E-state index >= 15 is 0 Å². The Morgan fingerprint density at radius 2 is 1.81 bits per heavy atom. The van der Waals surface area contributed by atoms with Crippen molar-refractivity contribution in [2.24, 2.45) is 5.73 Å². The standard InChI is InChI=1S/C18H18FNO/c1-2-14-5-8-17(9-6-14)21-13-15-7-10-18(19)16(12-15)4-3-11-20/h5-10,12H,2,11,13,20H2,1H3. The van der Waals surface area contributed by atoms with Gasteiger partial charge in [-0.25, -0.2) is 4.39 Å². The molecular weight excluding hydrogens is 265 g/mol. The number of hydrogen-bond donors (Lipinski definition) is 1. The van der Waals surface area contributed by atoms with E-state index in [1.54, 1.807) is 12.1 Å². The predicted molar refractivity (Wildman–Crippen MR) is 82.5 cm³/mol. The van der Waals surface area contributed by atoms with Crippen LogP contribution >= 0.6 is 0 Å². The molecule has 0 saturated heterocycles. The molecule has 0 aliphatic rings. The van der Waals surface area contributed by atoms with E-state index in [-0.39, 0.29) is 12.4 Å². The van der Waals surface area contributed by atoms with Crippen molar-refractivity contribution >= 4 is 0 Å². The molecule has 2 N–H and O–H groups in total. The summed E-state index contributed by atoms with van der Waals surface area (Å²) in [5, 5.41) is 0. The number of rotatable bonds is 4. The van der Waals surface area contributed by atoms with E-state index in [2.05, 4.69) is 18.8 Å². The van der Waals surface area contributed by atoms with Crippen LogP contribution in [-0.4, -0.2) is 6.54 Å². The maximum atomic E-state index is 13.6. The number of halogens is 1. The van der Waals surface area contributed by atoms with Gasteiger partial charge in [0.2, 0.25) is 0 Å². The SMILES string of the molecule is CCc1ccc(OCc2ccc(F)c(C#CCN)c2)cc1. The van der Waals surface area contributed by atoms with Gasteiger partial charge in [-0.3, -0.25) is 0 Å². The Balaban J connectivity index is 2.05. The zero-order valence-electron chi connectivity index (χ0n) is 12.0. The summed E-state index contributed by atoms with van der Waals surface area (Å²) in [7, 11) is 0. The highest BCUT2D eigenvalue weighted by atomic mass is 19.1. The van der Waals surface area contributed by atoms with Crippen molar-refractivity contribution < 1.29 is 9.13 Å². The van der Waals surface area contributed by atoms with Gasteiger partial charge in [-0.15, -0.1) is 0 Å². The largest absolute Gasteiger partial charge is 0.489 e. The lowest BCUT2D eigenvalue weighted by Crippen LogP contribution is -1.98. The van der Waals surface area contributed by atoms with Crippen LogP contribution in [0.5, 0.6) is 5.75 Å². The van der Waals surface area contributed by atoms with E-state index in [1.165, 1.54) is 11.6 Å². The topological polar surface area (TPSA) is 35.2 Å². The number of aryl methyl sites for hydroxylation is 1. The van der Waals surface area contributed by atoms with Gasteiger partial charge in [0, 0.05) is 0 Å². The molecule has 0 atom stereocenters. The monoisotopic (exact) mass is 283 g/mol. The molecule has 0 aliphatic carbocycles. The zero-order chi connectivity index (χ0) is 15.1. The lowest BCUT2D eigenvalue weighted by Gasteiger charge is -2.07. The predicted octanol–water partition coefficient (Wildman–Crippen LogP) is 3.28. The van der Waals surface area contributed by atoms with Crippen LogP contribution in [-0.2, 0) is 13.0 Å². The Morgan fingerprint density at radius 3 is 2.48 bits per heavy atom. The van der Waals surface area contributed by atoms with Crippen molar-refractivity contribution in [3.8, 4) is 17.6 Å². The van der Waals surface area contributed by atoms with Gasteiger partial charge in [-0.2, -0.15) is 0 Å². The van der Waals surface area contributed by atoms with Crippen molar-refractivity contribution in [3.05, 3.63) is 65.0 Å². The zero-order valence-corrected chi connectivity index (χ0v) is 12.0. The second kappa shape index (κ2) is 7.47. The third kappa shape index (κ3) is 4.34. The molecule has 2 aromatic carbocycles. The average molecular weight is 283 g/mol. The molecule has 3 heteroatoms. The summed E-state index contributed by atoms with van der Waals surface area (Å²) in [5.41, 5.74) is 7.79. The van der Waals surface area contributed by atoms with Gasteiger partial charge in [0.1, 0.15) is 18.2 Å². The van der Waals surface area contributed by atoms with Crippen LogP contribution < -0.4 is 10.5 Å². The van der Waals surface area contributed by atoms with Gasteiger partial charge in [0.25, 0.3) is 0 Å². The van der Waals surface area contributed by atoms with Crippen LogP contribution in [0.2, 0.25) is 0 Å². The van der Waals surface area contributed by atoms with Gasteiger partial charge < -0.3 is 10.5 Å². The van der Waals surface area contributed by atoms with Crippen molar-refractivity contribution in [2.75, 3.05) is 6.54 Å². The molecule has 108 valence electrons. The second-order valence-corrected chi connectivity index (χ2v) is 4.61. The van der Waals surface area contributed by atoms with Crippen molar-refractivity contribution in [1.29, 1.82) is 0 Å². The van der Waals surface area contributed by atoms with Gasteiger partial charge in [-0.1, -0.05) is 37.0 Å². The first-order valence-electron chi connectivity index (χ1n) is 6.92. The third-order valence-corrected chi connectivity index (χ3v) is 3.09. The molecule has 0 amide bonds. The molecule has 2 rings (SSSR count). The maximum absolute atomic E-state index is 13.6. The molecule has 0 aliphatic heterocycles. The summed E-state index contributed by atoms with van der Waals surface area (Å²) >= 11 is 0. The maximum Gasteiger partial charge on any atom is 0.138 e. The normalized spacial score (nSPS) is 9.86. The number of nitrogens with two attached hydrogens (primary N) is 1. The Morgan fingerprint density at radius 1 is 1.10 bits per heavy atom. The number of hydrogen-bond acceptors (Lipinski definition) is 2.